The Labute approximate surface area is 184 Å². The molecule has 0 fully saturated rings. The van der Waals surface area contributed by atoms with E-state index in [0.717, 1.165) is 12.1 Å². The van der Waals surface area contributed by atoms with Crippen molar-refractivity contribution in [1.29, 1.82) is 0 Å². The van der Waals surface area contributed by atoms with Crippen LogP contribution in [-0.4, -0.2) is 34.0 Å². The van der Waals surface area contributed by atoms with E-state index in [0.29, 0.717) is 5.69 Å². The predicted molar refractivity (Wildman–Crippen MR) is 113 cm³/mol. The van der Waals surface area contributed by atoms with Crippen LogP contribution in [0.25, 0.3) is 5.69 Å². The summed E-state index contributed by atoms with van der Waals surface area (Å²) < 4.78 is 25.4. The molecule has 2 heterocycles. The molecule has 1 aliphatic rings. The predicted octanol–water partition coefficient (Wildman–Crippen LogP) is 3.02. The number of nitrogens with zero attached hydrogens (tertiary/aromatic N) is 4. The van der Waals surface area contributed by atoms with Crippen LogP contribution >= 0.6 is 11.6 Å². The number of amides is 1. The van der Waals surface area contributed by atoms with Crippen LogP contribution in [0.5, 0.6) is 0 Å². The van der Waals surface area contributed by atoms with Gasteiger partial charge in [-0.15, -0.1) is 0 Å². The molecule has 4 rings (SSSR count). The largest absolute Gasteiger partial charge is 0.306 e. The smallest absolute Gasteiger partial charge is 0.270 e. The van der Waals surface area contributed by atoms with Crippen molar-refractivity contribution in [2.24, 2.45) is 0 Å². The zero-order chi connectivity index (χ0) is 23.2. The number of non-ortho nitro benzene ring substituents is 2. The number of halogens is 1. The van der Waals surface area contributed by atoms with Crippen LogP contribution < -0.4 is 5.32 Å². The van der Waals surface area contributed by atoms with Crippen LogP contribution in [0.15, 0.2) is 42.5 Å². The molecule has 1 aromatic heterocycles. The van der Waals surface area contributed by atoms with Crippen LogP contribution in [-0.2, 0) is 21.3 Å². The van der Waals surface area contributed by atoms with Crippen molar-refractivity contribution in [2.75, 3.05) is 5.32 Å². The van der Waals surface area contributed by atoms with E-state index in [2.05, 4.69) is 10.4 Å². The van der Waals surface area contributed by atoms with Gasteiger partial charge >= 0.3 is 0 Å². The average molecular weight is 478 g/mol. The molecule has 1 amide bonds. The van der Waals surface area contributed by atoms with Gasteiger partial charge < -0.3 is 5.32 Å². The first-order valence-corrected chi connectivity index (χ1v) is 11.1. The minimum absolute atomic E-state index is 0.0301. The maximum Gasteiger partial charge on any atom is 0.270 e. The topological polar surface area (TPSA) is 167 Å². The van der Waals surface area contributed by atoms with Crippen molar-refractivity contribution < 1.29 is 23.1 Å². The summed E-state index contributed by atoms with van der Waals surface area (Å²) >= 11 is 6.04. The van der Waals surface area contributed by atoms with Crippen molar-refractivity contribution in [3.8, 4) is 5.69 Å². The van der Waals surface area contributed by atoms with Gasteiger partial charge in [0.05, 0.1) is 43.3 Å². The second kappa shape index (κ2) is 7.69. The lowest BCUT2D eigenvalue weighted by Gasteiger charge is -2.12. The molecule has 32 heavy (non-hydrogen) atoms. The maximum atomic E-state index is 12.9. The molecule has 14 heteroatoms. The summed E-state index contributed by atoms with van der Waals surface area (Å²) in [5.41, 5.74) is 0.123. The zero-order valence-electron chi connectivity index (χ0n) is 15.9. The fraction of sp³-hybridized carbons (Fsp3) is 0.111. The molecule has 2 aromatic carbocycles. The van der Waals surface area contributed by atoms with E-state index in [1.54, 1.807) is 0 Å². The van der Waals surface area contributed by atoms with E-state index in [1.807, 2.05) is 0 Å². The van der Waals surface area contributed by atoms with Crippen LogP contribution in [0, 0.1) is 20.2 Å². The lowest BCUT2D eigenvalue weighted by atomic mass is 10.2. The Morgan fingerprint density at radius 1 is 1.03 bits per heavy atom. The molecule has 1 aliphatic heterocycles. The van der Waals surface area contributed by atoms with Crippen molar-refractivity contribution in [2.45, 2.75) is 11.5 Å². The van der Waals surface area contributed by atoms with E-state index >= 15 is 0 Å². The van der Waals surface area contributed by atoms with Crippen molar-refractivity contribution >= 4 is 44.5 Å². The van der Waals surface area contributed by atoms with Crippen LogP contribution in [0.4, 0.5) is 17.2 Å². The fourth-order valence-corrected chi connectivity index (χ4v) is 4.95. The molecule has 1 N–H and O–H groups in total. The van der Waals surface area contributed by atoms with Crippen molar-refractivity contribution in [3.63, 3.8) is 0 Å². The molecule has 0 unspecified atom stereocenters. The summed E-state index contributed by atoms with van der Waals surface area (Å²) in [4.78, 5) is 33.6. The molecular formula is C18H12ClN5O7S. The van der Waals surface area contributed by atoms with Crippen molar-refractivity contribution in [3.05, 3.63) is 84.5 Å². The van der Waals surface area contributed by atoms with Gasteiger partial charge in [0.2, 0.25) is 0 Å². The lowest BCUT2D eigenvalue weighted by Crippen LogP contribution is -2.17. The van der Waals surface area contributed by atoms with Crippen LogP contribution in [0.2, 0.25) is 5.02 Å². The molecule has 164 valence electrons. The van der Waals surface area contributed by atoms with Gasteiger partial charge in [-0.05, 0) is 18.2 Å². The molecular weight excluding hydrogens is 466 g/mol. The van der Waals surface area contributed by atoms with Gasteiger partial charge in [0.15, 0.2) is 9.84 Å². The van der Waals surface area contributed by atoms with Gasteiger partial charge in [-0.25, -0.2) is 13.1 Å². The fourth-order valence-electron chi connectivity index (χ4n) is 3.25. The van der Waals surface area contributed by atoms with Crippen LogP contribution in [0.3, 0.4) is 0 Å². The van der Waals surface area contributed by atoms with Gasteiger partial charge in [-0.3, -0.25) is 25.0 Å². The highest BCUT2D eigenvalue weighted by atomic mass is 35.5. The molecule has 0 spiro atoms. The second-order valence-electron chi connectivity index (χ2n) is 6.87. The van der Waals surface area contributed by atoms with Gasteiger partial charge in [0.25, 0.3) is 17.3 Å². The summed E-state index contributed by atoms with van der Waals surface area (Å²) in [5.74, 6) is -1.48. The third-order valence-electron chi connectivity index (χ3n) is 4.73. The highest BCUT2D eigenvalue weighted by Crippen LogP contribution is 2.34. The normalized spacial score (nSPS) is 14.0. The number of carbonyl (C=O) groups excluding carboxylic acids is 1. The molecule has 0 saturated carbocycles. The minimum Gasteiger partial charge on any atom is -0.306 e. The summed E-state index contributed by atoms with van der Waals surface area (Å²) in [5, 5.41) is 28.7. The Kier molecular flexibility index (Phi) is 5.14. The number of aromatic nitrogens is 2. The lowest BCUT2D eigenvalue weighted by molar-refractivity contribution is -0.385. The Hall–Kier alpha value is -3.84. The number of nitro groups is 2. The first kappa shape index (κ1) is 21.4. The maximum absolute atomic E-state index is 12.9. The molecule has 0 atom stereocenters. The number of nitrogens with one attached hydrogen (secondary N) is 1. The molecule has 0 aliphatic carbocycles. The number of hydrogen-bond donors (Lipinski definition) is 1. The Bertz CT molecular complexity index is 1400. The van der Waals surface area contributed by atoms with E-state index in [1.165, 1.54) is 35.0 Å². The van der Waals surface area contributed by atoms with E-state index < -0.39 is 25.6 Å². The summed E-state index contributed by atoms with van der Waals surface area (Å²) in [6, 6.07) is 8.61. The van der Waals surface area contributed by atoms with E-state index in [4.69, 9.17) is 11.6 Å². The molecule has 0 bridgehead atoms. The number of rotatable bonds is 5. The molecule has 3 aromatic rings. The highest BCUT2D eigenvalue weighted by Gasteiger charge is 2.33. The Morgan fingerprint density at radius 3 is 2.28 bits per heavy atom. The van der Waals surface area contributed by atoms with Gasteiger partial charge in [-0.1, -0.05) is 11.6 Å². The highest BCUT2D eigenvalue weighted by molar-refractivity contribution is 7.90. The van der Waals surface area contributed by atoms with Crippen LogP contribution in [0.1, 0.15) is 21.6 Å². The SMILES string of the molecule is O=C(Nc1c2c(nn1-c1ccc([N+](=O)[O-])cc1)CS(=O)(=O)C2)c1cc([N+](=O)[O-])ccc1Cl. The Balaban J connectivity index is 1.78. The number of hydrogen-bond acceptors (Lipinski definition) is 8. The number of benzene rings is 2. The molecule has 0 radical (unpaired) electrons. The quantitative estimate of drug-likeness (QED) is 0.432. The summed E-state index contributed by atoms with van der Waals surface area (Å²) in [6.07, 6.45) is 0. The third-order valence-corrected chi connectivity index (χ3v) is 6.50. The number of carbonyl (C=O) groups is 1. The summed E-state index contributed by atoms with van der Waals surface area (Å²) in [7, 11) is -3.46. The number of nitro benzene ring substituents is 2. The average Bonchev–Trinajstić information content (AvgIpc) is 3.20. The molecule has 12 nitrogen and oxygen atoms in total. The van der Waals surface area contributed by atoms with Crippen molar-refractivity contribution in [1.82, 2.24) is 9.78 Å². The number of anilines is 1. The van der Waals surface area contributed by atoms with Gasteiger partial charge in [0.1, 0.15) is 5.82 Å². The Morgan fingerprint density at radius 2 is 1.66 bits per heavy atom. The minimum atomic E-state index is -3.46. The standard InChI is InChI=1S/C18H12ClN5O7S/c19-15-6-5-12(24(28)29)7-13(15)18(25)20-17-14-8-32(30,31)9-16(14)21-22(17)10-1-3-11(4-2-10)23(26)27/h1-7H,8-9H2,(H,20,25). The first-order valence-electron chi connectivity index (χ1n) is 8.87. The van der Waals surface area contributed by atoms with E-state index in [9.17, 15) is 33.4 Å². The zero-order valence-corrected chi connectivity index (χ0v) is 17.5. The third kappa shape index (κ3) is 3.90. The summed E-state index contributed by atoms with van der Waals surface area (Å²) in [6.45, 7) is 0. The number of sulfone groups is 1. The monoisotopic (exact) mass is 477 g/mol. The van der Waals surface area contributed by atoms with E-state index in [-0.39, 0.29) is 50.5 Å². The van der Waals surface area contributed by atoms with Gasteiger partial charge in [0, 0.05) is 29.8 Å². The number of fused-ring (bicyclic) bond motifs is 1. The molecule has 0 saturated heterocycles. The second-order valence-corrected chi connectivity index (χ2v) is 9.34. The first-order chi connectivity index (χ1) is 15.1. The van der Waals surface area contributed by atoms with Gasteiger partial charge in [-0.2, -0.15) is 5.10 Å².